The van der Waals surface area contributed by atoms with E-state index in [4.69, 9.17) is 4.42 Å². The zero-order valence-electron chi connectivity index (χ0n) is 15.8. The second kappa shape index (κ2) is 8.40. The maximum atomic E-state index is 12.5. The Morgan fingerprint density at radius 3 is 2.43 bits per heavy atom. The fraction of sp³-hybridized carbons (Fsp3) is 0.0435. The lowest BCUT2D eigenvalue weighted by Gasteiger charge is -2.06. The van der Waals surface area contributed by atoms with Crippen LogP contribution in [-0.4, -0.2) is 15.8 Å². The van der Waals surface area contributed by atoms with Crippen LogP contribution in [0.3, 0.4) is 0 Å². The van der Waals surface area contributed by atoms with Crippen LogP contribution in [0.15, 0.2) is 89.6 Å². The molecule has 0 spiro atoms. The van der Waals surface area contributed by atoms with E-state index in [1.54, 1.807) is 36.7 Å². The molecule has 2 heterocycles. The Kier molecular flexibility index (Phi) is 5.34. The summed E-state index contributed by atoms with van der Waals surface area (Å²) in [5.74, 6) is 0.113. The van der Waals surface area contributed by atoms with Gasteiger partial charge in [-0.05, 0) is 53.9 Å². The molecule has 0 bridgehead atoms. The summed E-state index contributed by atoms with van der Waals surface area (Å²) in [4.78, 5) is 27.0. The first kappa shape index (κ1) is 19.1. The summed E-state index contributed by atoms with van der Waals surface area (Å²) in [5, 5.41) is 13.7. The molecule has 2 aromatic carbocycles. The van der Waals surface area contributed by atoms with E-state index in [0.29, 0.717) is 17.0 Å². The number of nitrogens with one attached hydrogen (secondary N) is 1. The largest absolute Gasteiger partial charge is 0.451 e. The molecule has 30 heavy (non-hydrogen) atoms. The molecule has 0 atom stereocenters. The van der Waals surface area contributed by atoms with Gasteiger partial charge in [-0.2, -0.15) is 0 Å². The number of anilines is 1. The lowest BCUT2D eigenvalue weighted by molar-refractivity contribution is -0.384. The molecule has 0 saturated heterocycles. The van der Waals surface area contributed by atoms with Gasteiger partial charge < -0.3 is 9.73 Å². The second-order valence-electron chi connectivity index (χ2n) is 6.65. The van der Waals surface area contributed by atoms with Gasteiger partial charge in [0.25, 0.3) is 11.6 Å². The fourth-order valence-electron chi connectivity index (χ4n) is 3.02. The molecule has 0 saturated carbocycles. The van der Waals surface area contributed by atoms with Crippen LogP contribution in [0.2, 0.25) is 0 Å². The van der Waals surface area contributed by atoms with Gasteiger partial charge in [0.1, 0.15) is 5.76 Å². The number of hydrogen-bond acceptors (Lipinski definition) is 5. The fourth-order valence-corrected chi connectivity index (χ4v) is 3.02. The molecule has 1 amide bonds. The molecule has 0 radical (unpaired) electrons. The number of hydrogen-bond donors (Lipinski definition) is 1. The molecular formula is C23H17N3O4. The van der Waals surface area contributed by atoms with Crippen LogP contribution in [0.5, 0.6) is 0 Å². The zero-order chi connectivity index (χ0) is 20.9. The molecule has 0 fully saturated rings. The van der Waals surface area contributed by atoms with Gasteiger partial charge in [0.15, 0.2) is 5.76 Å². The Morgan fingerprint density at radius 2 is 1.70 bits per heavy atom. The van der Waals surface area contributed by atoms with Crippen molar-refractivity contribution in [3.05, 3.63) is 112 Å². The molecule has 7 nitrogen and oxygen atoms in total. The maximum Gasteiger partial charge on any atom is 0.291 e. The van der Waals surface area contributed by atoms with Crippen LogP contribution in [0, 0.1) is 10.1 Å². The molecule has 4 aromatic rings. The molecule has 0 aliphatic rings. The third-order valence-corrected chi connectivity index (χ3v) is 4.54. The van der Waals surface area contributed by atoms with Crippen LogP contribution in [0.4, 0.5) is 11.4 Å². The van der Waals surface area contributed by atoms with Crippen LogP contribution in [-0.2, 0) is 6.42 Å². The number of benzene rings is 2. The average Bonchev–Trinajstić information content (AvgIpc) is 3.26. The number of furan rings is 1. The first-order valence-corrected chi connectivity index (χ1v) is 9.22. The number of pyridine rings is 1. The number of nitro groups is 1. The predicted octanol–water partition coefficient (Wildman–Crippen LogP) is 5.09. The molecular weight excluding hydrogens is 382 g/mol. The van der Waals surface area contributed by atoms with Gasteiger partial charge in [-0.3, -0.25) is 19.9 Å². The summed E-state index contributed by atoms with van der Waals surface area (Å²) in [6.07, 6.45) is 4.30. The van der Waals surface area contributed by atoms with E-state index in [9.17, 15) is 14.9 Å². The Labute approximate surface area is 172 Å². The SMILES string of the molecule is O=C(Nc1ccc(Cc2ccncc2)cc1)c1ccc(-c2cccc([N+](=O)[O-])c2)o1. The molecule has 1 N–H and O–H groups in total. The van der Waals surface area contributed by atoms with Crippen molar-refractivity contribution in [1.82, 2.24) is 4.98 Å². The van der Waals surface area contributed by atoms with Crippen LogP contribution in [0.1, 0.15) is 21.7 Å². The number of carbonyl (C=O) groups is 1. The Morgan fingerprint density at radius 1 is 0.967 bits per heavy atom. The molecule has 0 aliphatic carbocycles. The number of non-ortho nitro benzene ring substituents is 1. The van der Waals surface area contributed by atoms with Crippen molar-refractivity contribution in [2.75, 3.05) is 5.32 Å². The minimum Gasteiger partial charge on any atom is -0.451 e. The van der Waals surface area contributed by atoms with Crippen LogP contribution >= 0.6 is 0 Å². The Hall–Kier alpha value is -4.26. The number of nitro benzene ring substituents is 1. The first-order chi connectivity index (χ1) is 14.6. The smallest absolute Gasteiger partial charge is 0.291 e. The highest BCUT2D eigenvalue weighted by Gasteiger charge is 2.14. The van der Waals surface area contributed by atoms with Crippen molar-refractivity contribution in [2.24, 2.45) is 0 Å². The average molecular weight is 399 g/mol. The number of nitrogens with zero attached hydrogens (tertiary/aromatic N) is 2. The highest BCUT2D eigenvalue weighted by atomic mass is 16.6. The molecule has 0 unspecified atom stereocenters. The minimum absolute atomic E-state index is 0.0400. The van der Waals surface area contributed by atoms with Crippen molar-refractivity contribution < 1.29 is 14.1 Å². The molecule has 4 rings (SSSR count). The standard InChI is InChI=1S/C23H17N3O4/c27-23(22-9-8-21(30-22)18-2-1-3-20(15-18)26(28)29)25-19-6-4-16(5-7-19)14-17-10-12-24-13-11-17/h1-13,15H,14H2,(H,25,27). The van der Waals surface area contributed by atoms with Crippen LogP contribution in [0.25, 0.3) is 11.3 Å². The van der Waals surface area contributed by atoms with E-state index in [0.717, 1.165) is 17.5 Å². The van der Waals surface area contributed by atoms with E-state index < -0.39 is 10.8 Å². The number of amides is 1. The van der Waals surface area contributed by atoms with E-state index in [2.05, 4.69) is 10.3 Å². The molecule has 0 aliphatic heterocycles. The van der Waals surface area contributed by atoms with Crippen molar-refractivity contribution in [1.29, 1.82) is 0 Å². The lowest BCUT2D eigenvalue weighted by atomic mass is 10.1. The van der Waals surface area contributed by atoms with Crippen LogP contribution < -0.4 is 5.32 Å². The number of carbonyl (C=O) groups excluding carboxylic acids is 1. The van der Waals surface area contributed by atoms with Gasteiger partial charge in [-0.25, -0.2) is 0 Å². The molecule has 148 valence electrons. The second-order valence-corrected chi connectivity index (χ2v) is 6.65. The van der Waals surface area contributed by atoms with Gasteiger partial charge >= 0.3 is 0 Å². The minimum atomic E-state index is -0.474. The normalized spacial score (nSPS) is 10.5. The quantitative estimate of drug-likeness (QED) is 0.360. The summed E-state index contributed by atoms with van der Waals surface area (Å²) in [5.41, 5.74) is 3.41. The first-order valence-electron chi connectivity index (χ1n) is 9.22. The third-order valence-electron chi connectivity index (χ3n) is 4.54. The predicted molar refractivity (Wildman–Crippen MR) is 112 cm³/mol. The van der Waals surface area contributed by atoms with Crippen molar-refractivity contribution in [3.63, 3.8) is 0 Å². The lowest BCUT2D eigenvalue weighted by Crippen LogP contribution is -2.10. The van der Waals surface area contributed by atoms with E-state index in [1.165, 1.54) is 12.1 Å². The van der Waals surface area contributed by atoms with E-state index >= 15 is 0 Å². The van der Waals surface area contributed by atoms with Crippen molar-refractivity contribution in [2.45, 2.75) is 6.42 Å². The summed E-state index contributed by atoms with van der Waals surface area (Å²) in [6, 6.07) is 20.7. The monoisotopic (exact) mass is 399 g/mol. The van der Waals surface area contributed by atoms with Gasteiger partial charge in [0.2, 0.25) is 0 Å². The highest BCUT2D eigenvalue weighted by Crippen LogP contribution is 2.26. The third kappa shape index (κ3) is 4.41. The van der Waals surface area contributed by atoms with Crippen molar-refractivity contribution >= 4 is 17.3 Å². The van der Waals surface area contributed by atoms with E-state index in [1.807, 2.05) is 36.4 Å². The summed E-state index contributed by atoms with van der Waals surface area (Å²) < 4.78 is 5.60. The van der Waals surface area contributed by atoms with Gasteiger partial charge in [-0.15, -0.1) is 0 Å². The number of rotatable bonds is 6. The van der Waals surface area contributed by atoms with Gasteiger partial charge in [-0.1, -0.05) is 24.3 Å². The Bertz CT molecular complexity index is 1180. The summed E-state index contributed by atoms with van der Waals surface area (Å²) >= 11 is 0. The zero-order valence-corrected chi connectivity index (χ0v) is 15.8. The Balaban J connectivity index is 1.43. The number of aromatic nitrogens is 1. The highest BCUT2D eigenvalue weighted by molar-refractivity contribution is 6.02. The van der Waals surface area contributed by atoms with Gasteiger partial charge in [0.05, 0.1) is 4.92 Å². The molecule has 2 aromatic heterocycles. The topological polar surface area (TPSA) is 98.3 Å². The van der Waals surface area contributed by atoms with Gasteiger partial charge in [0, 0.05) is 35.8 Å². The molecule has 7 heteroatoms. The summed E-state index contributed by atoms with van der Waals surface area (Å²) in [7, 11) is 0. The van der Waals surface area contributed by atoms with E-state index in [-0.39, 0.29) is 11.4 Å². The summed E-state index contributed by atoms with van der Waals surface area (Å²) in [6.45, 7) is 0. The maximum absolute atomic E-state index is 12.5. The van der Waals surface area contributed by atoms with Crippen molar-refractivity contribution in [3.8, 4) is 11.3 Å².